The number of aromatic amines is 1. The van der Waals surface area contributed by atoms with Gasteiger partial charge >= 0.3 is 0 Å². The van der Waals surface area contributed by atoms with Crippen molar-refractivity contribution in [2.75, 3.05) is 6.54 Å². The molecule has 1 fully saturated rings. The zero-order chi connectivity index (χ0) is 11.4. The van der Waals surface area contributed by atoms with Crippen molar-refractivity contribution in [1.82, 2.24) is 15.3 Å². The predicted octanol–water partition coefficient (Wildman–Crippen LogP) is 1.18. The molecule has 0 spiro atoms. The zero-order valence-corrected chi connectivity index (χ0v) is 11.8. The number of carbonyl (C=O) groups excluding carboxylic acids is 1. The molecule has 0 radical (unpaired) electrons. The molecule has 4 N–H and O–H groups in total. The molecule has 0 bridgehead atoms. The van der Waals surface area contributed by atoms with Crippen molar-refractivity contribution >= 4 is 30.7 Å². The predicted molar refractivity (Wildman–Crippen MR) is 75.2 cm³/mol. The van der Waals surface area contributed by atoms with Gasteiger partial charge in [0.05, 0.1) is 5.54 Å². The van der Waals surface area contributed by atoms with Crippen LogP contribution in [0.4, 0.5) is 0 Å². The summed E-state index contributed by atoms with van der Waals surface area (Å²) in [4.78, 5) is 18.9. The van der Waals surface area contributed by atoms with Crippen LogP contribution in [-0.4, -0.2) is 28.0 Å². The van der Waals surface area contributed by atoms with Gasteiger partial charge in [-0.1, -0.05) is 12.8 Å². The molecule has 1 aromatic rings. The van der Waals surface area contributed by atoms with Gasteiger partial charge in [0.15, 0.2) is 0 Å². The molecule has 1 aromatic heterocycles. The average molecular weight is 295 g/mol. The molecule has 0 aliphatic heterocycles. The van der Waals surface area contributed by atoms with E-state index in [4.69, 9.17) is 5.73 Å². The molecule has 2 rings (SSSR count). The highest BCUT2D eigenvalue weighted by Crippen LogP contribution is 2.27. The summed E-state index contributed by atoms with van der Waals surface area (Å²) in [6.07, 6.45) is 7.93. The Morgan fingerprint density at radius 1 is 1.44 bits per heavy atom. The van der Waals surface area contributed by atoms with Crippen molar-refractivity contribution in [1.29, 1.82) is 0 Å². The van der Waals surface area contributed by atoms with Gasteiger partial charge in [-0.15, -0.1) is 24.8 Å². The summed E-state index contributed by atoms with van der Waals surface area (Å²) in [5.74, 6) is 0.870. The van der Waals surface area contributed by atoms with Crippen LogP contribution in [0.1, 0.15) is 31.5 Å². The van der Waals surface area contributed by atoms with Gasteiger partial charge < -0.3 is 16.0 Å². The first-order valence-corrected chi connectivity index (χ1v) is 5.76. The summed E-state index contributed by atoms with van der Waals surface area (Å²) < 4.78 is 0. The molecule has 1 heterocycles. The summed E-state index contributed by atoms with van der Waals surface area (Å²) in [7, 11) is 0. The quantitative estimate of drug-likeness (QED) is 0.780. The van der Waals surface area contributed by atoms with E-state index in [-0.39, 0.29) is 30.7 Å². The number of amides is 1. The second-order valence-electron chi connectivity index (χ2n) is 4.41. The number of rotatable bonds is 4. The second kappa shape index (κ2) is 7.61. The van der Waals surface area contributed by atoms with E-state index in [1.165, 1.54) is 0 Å². The fourth-order valence-electron chi connectivity index (χ4n) is 2.14. The van der Waals surface area contributed by atoms with Gasteiger partial charge in [-0.25, -0.2) is 4.98 Å². The maximum absolute atomic E-state index is 11.8. The molecule has 5 nitrogen and oxygen atoms in total. The Labute approximate surface area is 119 Å². The lowest BCUT2D eigenvalue weighted by molar-refractivity contribution is -0.126. The standard InChI is InChI=1S/C11H18N4O.2ClH/c12-11(4-1-2-5-11)10(16)15-6-3-9-13-7-8-14-9;;/h7-8H,1-6,12H2,(H,13,14)(H,15,16);2*1H. The largest absolute Gasteiger partial charge is 0.354 e. The number of nitrogens with one attached hydrogen (secondary N) is 2. The monoisotopic (exact) mass is 294 g/mol. The van der Waals surface area contributed by atoms with E-state index >= 15 is 0 Å². The van der Waals surface area contributed by atoms with Crippen LogP contribution in [0.5, 0.6) is 0 Å². The number of hydrogen-bond acceptors (Lipinski definition) is 3. The molecular weight excluding hydrogens is 275 g/mol. The molecule has 7 heteroatoms. The topological polar surface area (TPSA) is 83.8 Å². The van der Waals surface area contributed by atoms with Gasteiger partial charge in [-0.3, -0.25) is 4.79 Å². The van der Waals surface area contributed by atoms with Crippen molar-refractivity contribution in [2.24, 2.45) is 5.73 Å². The summed E-state index contributed by atoms with van der Waals surface area (Å²) in [5.41, 5.74) is 5.40. The van der Waals surface area contributed by atoms with E-state index in [1.54, 1.807) is 12.4 Å². The van der Waals surface area contributed by atoms with Crippen LogP contribution in [0.15, 0.2) is 12.4 Å². The van der Waals surface area contributed by atoms with Gasteiger partial charge in [-0.2, -0.15) is 0 Å². The lowest BCUT2D eigenvalue weighted by atomic mass is 9.98. The van der Waals surface area contributed by atoms with Gasteiger partial charge in [0.1, 0.15) is 5.82 Å². The highest BCUT2D eigenvalue weighted by Gasteiger charge is 2.36. The Morgan fingerprint density at radius 3 is 2.67 bits per heavy atom. The van der Waals surface area contributed by atoms with Gasteiger partial charge in [0, 0.05) is 25.4 Å². The van der Waals surface area contributed by atoms with E-state index < -0.39 is 5.54 Å². The summed E-state index contributed by atoms with van der Waals surface area (Å²) in [5, 5.41) is 2.88. The van der Waals surface area contributed by atoms with Gasteiger partial charge in [0.2, 0.25) is 5.91 Å². The Morgan fingerprint density at radius 2 is 2.11 bits per heavy atom. The molecule has 1 saturated carbocycles. The van der Waals surface area contributed by atoms with Crippen LogP contribution in [0, 0.1) is 0 Å². The molecule has 0 atom stereocenters. The first kappa shape index (κ1) is 17.2. The Hall–Kier alpha value is -0.780. The first-order chi connectivity index (χ1) is 7.71. The minimum atomic E-state index is -0.622. The summed E-state index contributed by atoms with van der Waals surface area (Å²) >= 11 is 0. The number of H-pyrrole nitrogens is 1. The number of aromatic nitrogens is 2. The SMILES string of the molecule is Cl.Cl.NC1(C(=O)NCCc2ncc[nH]2)CCCC1. The molecule has 1 aliphatic carbocycles. The molecule has 18 heavy (non-hydrogen) atoms. The molecule has 1 aliphatic rings. The van der Waals surface area contributed by atoms with Gasteiger partial charge in [0.25, 0.3) is 0 Å². The maximum Gasteiger partial charge on any atom is 0.240 e. The molecule has 1 amide bonds. The molecular formula is C11H20Cl2N4O. The lowest BCUT2D eigenvalue weighted by Crippen LogP contribution is -2.52. The summed E-state index contributed by atoms with van der Waals surface area (Å²) in [6, 6.07) is 0. The van der Waals surface area contributed by atoms with Crippen LogP contribution >= 0.6 is 24.8 Å². The van der Waals surface area contributed by atoms with Crippen LogP contribution < -0.4 is 11.1 Å². The molecule has 0 saturated heterocycles. The Bertz CT molecular complexity index is 350. The number of nitrogens with zero attached hydrogens (tertiary/aromatic N) is 1. The van der Waals surface area contributed by atoms with E-state index in [0.29, 0.717) is 6.54 Å². The van der Waals surface area contributed by atoms with Crippen molar-refractivity contribution in [3.05, 3.63) is 18.2 Å². The highest BCUT2D eigenvalue weighted by molar-refractivity contribution is 5.86. The van der Waals surface area contributed by atoms with Crippen molar-refractivity contribution in [3.8, 4) is 0 Å². The van der Waals surface area contributed by atoms with E-state index in [2.05, 4.69) is 15.3 Å². The summed E-state index contributed by atoms with van der Waals surface area (Å²) in [6.45, 7) is 0.589. The normalized spacial score (nSPS) is 16.5. The smallest absolute Gasteiger partial charge is 0.240 e. The van der Waals surface area contributed by atoms with E-state index in [9.17, 15) is 4.79 Å². The van der Waals surface area contributed by atoms with Crippen LogP contribution in [0.2, 0.25) is 0 Å². The number of hydrogen-bond donors (Lipinski definition) is 3. The van der Waals surface area contributed by atoms with Crippen molar-refractivity contribution < 1.29 is 4.79 Å². The molecule has 0 unspecified atom stereocenters. The van der Waals surface area contributed by atoms with Crippen molar-refractivity contribution in [3.63, 3.8) is 0 Å². The fourth-order valence-corrected chi connectivity index (χ4v) is 2.14. The fraction of sp³-hybridized carbons (Fsp3) is 0.636. The first-order valence-electron chi connectivity index (χ1n) is 5.76. The third kappa shape index (κ3) is 4.15. The molecule has 104 valence electrons. The van der Waals surface area contributed by atoms with Crippen LogP contribution in [0.3, 0.4) is 0 Å². The third-order valence-corrected chi connectivity index (χ3v) is 3.15. The minimum absolute atomic E-state index is 0. The van der Waals surface area contributed by atoms with Crippen LogP contribution in [0.25, 0.3) is 0 Å². The second-order valence-corrected chi connectivity index (χ2v) is 4.41. The Balaban J connectivity index is 0.00000144. The Kier molecular flexibility index (Phi) is 7.28. The molecule has 0 aromatic carbocycles. The van der Waals surface area contributed by atoms with E-state index in [1.807, 2.05) is 0 Å². The maximum atomic E-state index is 11.8. The number of nitrogens with two attached hydrogens (primary N) is 1. The average Bonchev–Trinajstić information content (AvgIpc) is 2.90. The van der Waals surface area contributed by atoms with Gasteiger partial charge in [-0.05, 0) is 12.8 Å². The number of carbonyl (C=O) groups is 1. The minimum Gasteiger partial charge on any atom is -0.354 e. The zero-order valence-electron chi connectivity index (χ0n) is 10.1. The van der Waals surface area contributed by atoms with E-state index in [0.717, 1.165) is 37.9 Å². The highest BCUT2D eigenvalue weighted by atomic mass is 35.5. The van der Waals surface area contributed by atoms with Crippen LogP contribution in [-0.2, 0) is 11.2 Å². The van der Waals surface area contributed by atoms with Crippen molar-refractivity contribution in [2.45, 2.75) is 37.6 Å². The third-order valence-electron chi connectivity index (χ3n) is 3.15. The number of halogens is 2. The lowest BCUT2D eigenvalue weighted by Gasteiger charge is -2.21. The number of imidazole rings is 1.